The van der Waals surface area contributed by atoms with Gasteiger partial charge in [0.15, 0.2) is 6.61 Å². The number of hydrogen-bond donors (Lipinski definition) is 1. The molecule has 0 radical (unpaired) electrons. The number of amides is 1. The SMILES string of the molecule is Cc1ccc(OCC(=O)Nc2cc([N+](=O)[O-])ccc2F)c(Br)c1. The minimum Gasteiger partial charge on any atom is -0.483 e. The van der Waals surface area contributed by atoms with Gasteiger partial charge in [-0.25, -0.2) is 4.39 Å². The molecule has 0 aliphatic heterocycles. The average molecular weight is 383 g/mol. The van der Waals surface area contributed by atoms with Crippen LogP contribution >= 0.6 is 15.9 Å². The van der Waals surface area contributed by atoms with Crippen molar-refractivity contribution in [3.63, 3.8) is 0 Å². The van der Waals surface area contributed by atoms with Crippen molar-refractivity contribution in [2.75, 3.05) is 11.9 Å². The van der Waals surface area contributed by atoms with Gasteiger partial charge in [-0.1, -0.05) is 6.07 Å². The zero-order chi connectivity index (χ0) is 17.0. The van der Waals surface area contributed by atoms with Gasteiger partial charge < -0.3 is 10.1 Å². The lowest BCUT2D eigenvalue weighted by Gasteiger charge is -2.10. The summed E-state index contributed by atoms with van der Waals surface area (Å²) in [6.45, 7) is 1.55. The molecule has 0 saturated heterocycles. The number of nitrogens with one attached hydrogen (secondary N) is 1. The molecular weight excluding hydrogens is 371 g/mol. The number of anilines is 1. The molecule has 0 fully saturated rings. The van der Waals surface area contributed by atoms with E-state index in [1.165, 1.54) is 0 Å². The van der Waals surface area contributed by atoms with Crippen molar-refractivity contribution in [3.05, 3.63) is 62.4 Å². The van der Waals surface area contributed by atoms with Gasteiger partial charge in [0.25, 0.3) is 11.6 Å². The third-order valence-electron chi connectivity index (χ3n) is 2.88. The van der Waals surface area contributed by atoms with Gasteiger partial charge in [0.05, 0.1) is 15.1 Å². The van der Waals surface area contributed by atoms with E-state index < -0.39 is 16.6 Å². The molecule has 8 heteroatoms. The molecule has 2 aromatic rings. The van der Waals surface area contributed by atoms with Gasteiger partial charge in [0.2, 0.25) is 0 Å². The van der Waals surface area contributed by atoms with E-state index in [-0.39, 0.29) is 18.0 Å². The Hall–Kier alpha value is -2.48. The monoisotopic (exact) mass is 382 g/mol. The highest BCUT2D eigenvalue weighted by molar-refractivity contribution is 9.10. The van der Waals surface area contributed by atoms with Gasteiger partial charge in [0, 0.05) is 12.1 Å². The molecule has 2 rings (SSSR count). The van der Waals surface area contributed by atoms with Crippen LogP contribution in [0.5, 0.6) is 5.75 Å². The van der Waals surface area contributed by atoms with Crippen molar-refractivity contribution >= 4 is 33.2 Å². The normalized spacial score (nSPS) is 10.2. The summed E-state index contributed by atoms with van der Waals surface area (Å²) in [6.07, 6.45) is 0. The summed E-state index contributed by atoms with van der Waals surface area (Å²) in [5.41, 5.74) is 0.437. The highest BCUT2D eigenvalue weighted by Gasteiger charge is 2.13. The van der Waals surface area contributed by atoms with Crippen LogP contribution in [0.3, 0.4) is 0 Å². The molecule has 6 nitrogen and oxygen atoms in total. The number of rotatable bonds is 5. The zero-order valence-corrected chi connectivity index (χ0v) is 13.6. The third-order valence-corrected chi connectivity index (χ3v) is 3.50. The van der Waals surface area contributed by atoms with E-state index in [0.717, 1.165) is 23.8 Å². The number of nitro benzene ring substituents is 1. The Bertz CT molecular complexity index is 767. The Morgan fingerprint density at radius 1 is 1.35 bits per heavy atom. The number of benzene rings is 2. The summed E-state index contributed by atoms with van der Waals surface area (Å²) in [7, 11) is 0. The first-order valence-electron chi connectivity index (χ1n) is 6.49. The fourth-order valence-electron chi connectivity index (χ4n) is 1.78. The number of halogens is 2. The summed E-state index contributed by atoms with van der Waals surface area (Å²) in [5, 5.41) is 12.9. The lowest BCUT2D eigenvalue weighted by atomic mass is 10.2. The lowest BCUT2D eigenvalue weighted by Crippen LogP contribution is -2.21. The Balaban J connectivity index is 2.02. The molecule has 0 aliphatic carbocycles. The summed E-state index contributed by atoms with van der Waals surface area (Å²) in [5.74, 6) is -0.928. The maximum absolute atomic E-state index is 13.6. The standard InChI is InChI=1S/C15H12BrFN2O4/c1-9-2-5-14(11(16)6-9)23-8-15(20)18-13-7-10(19(21)22)3-4-12(13)17/h2-7H,8H2,1H3,(H,18,20). The van der Waals surface area contributed by atoms with E-state index in [1.807, 2.05) is 19.1 Å². The van der Waals surface area contributed by atoms with Crippen molar-refractivity contribution in [1.29, 1.82) is 0 Å². The van der Waals surface area contributed by atoms with E-state index in [0.29, 0.717) is 10.2 Å². The Labute approximate surface area is 139 Å². The molecule has 0 aromatic heterocycles. The average Bonchev–Trinajstić information content (AvgIpc) is 2.48. The largest absolute Gasteiger partial charge is 0.483 e. The first-order chi connectivity index (χ1) is 10.9. The van der Waals surface area contributed by atoms with Crippen LogP contribution in [0.25, 0.3) is 0 Å². The molecule has 0 atom stereocenters. The smallest absolute Gasteiger partial charge is 0.271 e. The molecule has 0 saturated carbocycles. The molecular formula is C15H12BrFN2O4. The summed E-state index contributed by atoms with van der Waals surface area (Å²) in [4.78, 5) is 21.8. The fourth-order valence-corrected chi connectivity index (χ4v) is 2.38. The van der Waals surface area contributed by atoms with Crippen LogP contribution in [0.1, 0.15) is 5.56 Å². The second-order valence-electron chi connectivity index (χ2n) is 4.69. The van der Waals surface area contributed by atoms with Crippen LogP contribution in [0.2, 0.25) is 0 Å². The predicted octanol–water partition coefficient (Wildman–Crippen LogP) is 3.82. The number of carbonyl (C=O) groups excluding carboxylic acids is 1. The van der Waals surface area contributed by atoms with Crippen LogP contribution in [-0.2, 0) is 4.79 Å². The number of hydrogen-bond acceptors (Lipinski definition) is 4. The van der Waals surface area contributed by atoms with Crippen molar-refractivity contribution in [3.8, 4) is 5.75 Å². The second-order valence-corrected chi connectivity index (χ2v) is 5.55. The number of aryl methyl sites for hydroxylation is 1. The molecule has 0 spiro atoms. The molecule has 0 aliphatic rings. The number of nitro groups is 1. The van der Waals surface area contributed by atoms with Gasteiger partial charge >= 0.3 is 0 Å². The molecule has 0 bridgehead atoms. The zero-order valence-electron chi connectivity index (χ0n) is 12.0. The summed E-state index contributed by atoms with van der Waals surface area (Å²) < 4.78 is 19.6. The van der Waals surface area contributed by atoms with Gasteiger partial charge in [0.1, 0.15) is 11.6 Å². The number of nitrogens with zero attached hydrogens (tertiary/aromatic N) is 1. The molecule has 2 aromatic carbocycles. The molecule has 120 valence electrons. The first kappa shape index (κ1) is 16.9. The van der Waals surface area contributed by atoms with Gasteiger partial charge in [-0.2, -0.15) is 0 Å². The fraction of sp³-hybridized carbons (Fsp3) is 0.133. The molecule has 0 unspecified atom stereocenters. The van der Waals surface area contributed by atoms with Gasteiger partial charge in [-0.3, -0.25) is 14.9 Å². The van der Waals surface area contributed by atoms with Crippen LogP contribution in [0, 0.1) is 22.9 Å². The van der Waals surface area contributed by atoms with Gasteiger partial charge in [-0.15, -0.1) is 0 Å². The minimum atomic E-state index is -0.763. The quantitative estimate of drug-likeness (QED) is 0.629. The van der Waals surface area contributed by atoms with E-state index in [2.05, 4.69) is 21.2 Å². The lowest BCUT2D eigenvalue weighted by molar-refractivity contribution is -0.384. The van der Waals surface area contributed by atoms with E-state index in [1.54, 1.807) is 6.07 Å². The number of carbonyl (C=O) groups is 1. The Morgan fingerprint density at radius 2 is 2.09 bits per heavy atom. The third kappa shape index (κ3) is 4.49. The minimum absolute atomic E-state index is 0.268. The van der Waals surface area contributed by atoms with E-state index in [9.17, 15) is 19.3 Å². The van der Waals surface area contributed by atoms with Gasteiger partial charge in [-0.05, 0) is 46.6 Å². The molecule has 23 heavy (non-hydrogen) atoms. The predicted molar refractivity (Wildman–Crippen MR) is 86.1 cm³/mol. The molecule has 1 amide bonds. The van der Waals surface area contributed by atoms with Crippen LogP contribution in [0.15, 0.2) is 40.9 Å². The number of non-ortho nitro benzene ring substituents is 1. The number of ether oxygens (including phenoxy) is 1. The van der Waals surface area contributed by atoms with Crippen LogP contribution in [-0.4, -0.2) is 17.4 Å². The summed E-state index contributed by atoms with van der Waals surface area (Å²) >= 11 is 3.31. The highest BCUT2D eigenvalue weighted by atomic mass is 79.9. The first-order valence-corrected chi connectivity index (χ1v) is 7.29. The highest BCUT2D eigenvalue weighted by Crippen LogP contribution is 2.26. The van der Waals surface area contributed by atoms with E-state index >= 15 is 0 Å². The van der Waals surface area contributed by atoms with Crippen molar-refractivity contribution in [2.24, 2.45) is 0 Å². The second kappa shape index (κ2) is 7.19. The summed E-state index contributed by atoms with van der Waals surface area (Å²) in [6, 6.07) is 8.23. The Kier molecular flexibility index (Phi) is 5.28. The maximum atomic E-state index is 13.6. The molecule has 0 heterocycles. The van der Waals surface area contributed by atoms with Crippen molar-refractivity contribution in [2.45, 2.75) is 6.92 Å². The van der Waals surface area contributed by atoms with Crippen molar-refractivity contribution < 1.29 is 18.8 Å². The Morgan fingerprint density at radius 3 is 2.74 bits per heavy atom. The van der Waals surface area contributed by atoms with Crippen LogP contribution < -0.4 is 10.1 Å². The van der Waals surface area contributed by atoms with Crippen LogP contribution in [0.4, 0.5) is 15.8 Å². The van der Waals surface area contributed by atoms with E-state index in [4.69, 9.17) is 4.74 Å². The molecule has 1 N–H and O–H groups in total. The topological polar surface area (TPSA) is 81.5 Å². The van der Waals surface area contributed by atoms with Crippen molar-refractivity contribution in [1.82, 2.24) is 0 Å². The maximum Gasteiger partial charge on any atom is 0.271 e.